The van der Waals surface area contributed by atoms with Crippen LogP contribution in [-0.2, 0) is 11.2 Å². The smallest absolute Gasteiger partial charge is 0.246 e. The number of anilines is 2. The van der Waals surface area contributed by atoms with Crippen LogP contribution >= 0.6 is 11.6 Å². The third kappa shape index (κ3) is 4.20. The quantitative estimate of drug-likeness (QED) is 0.815. The van der Waals surface area contributed by atoms with Crippen LogP contribution in [0.5, 0.6) is 0 Å². The largest absolute Gasteiger partial charge is 0.380 e. The second-order valence-electron chi connectivity index (χ2n) is 7.51. The van der Waals surface area contributed by atoms with E-state index < -0.39 is 0 Å². The molecule has 2 aliphatic heterocycles. The molecule has 0 saturated carbocycles. The molecule has 1 unspecified atom stereocenters. The van der Waals surface area contributed by atoms with Gasteiger partial charge in [0.15, 0.2) is 0 Å². The lowest BCUT2D eigenvalue weighted by molar-refractivity contribution is 0.0945. The monoisotopic (exact) mass is 390 g/mol. The fourth-order valence-corrected chi connectivity index (χ4v) is 4.54. The number of halogens is 1. The Morgan fingerprint density at radius 2 is 2.00 bits per heavy atom. The first-order valence-electron chi connectivity index (χ1n) is 9.58. The van der Waals surface area contributed by atoms with Gasteiger partial charge in [0.1, 0.15) is 0 Å². The van der Waals surface area contributed by atoms with Gasteiger partial charge in [0, 0.05) is 43.9 Å². The first-order valence-corrected chi connectivity index (χ1v) is 9.96. The molecule has 1 aromatic heterocycles. The fourth-order valence-electron chi connectivity index (χ4n) is 4.41. The van der Waals surface area contributed by atoms with E-state index in [1.807, 2.05) is 19.2 Å². The Balaban J connectivity index is 1.40. The number of H-pyrrole nitrogens is 1. The summed E-state index contributed by atoms with van der Waals surface area (Å²) in [4.78, 5) is 9.12. The summed E-state index contributed by atoms with van der Waals surface area (Å²) in [6.07, 6.45) is 4.63. The molecule has 2 saturated heterocycles. The first-order chi connectivity index (χ1) is 13.1. The number of methoxy groups -OCH3 is 1. The van der Waals surface area contributed by atoms with Gasteiger partial charge in [0.05, 0.1) is 6.10 Å². The van der Waals surface area contributed by atoms with Crippen LogP contribution < -0.4 is 10.6 Å². The molecule has 2 aromatic rings. The molecular weight excluding hydrogens is 364 g/mol. The number of aromatic amines is 1. The number of likely N-dealkylation sites (tertiary alicyclic amines) is 1. The van der Waals surface area contributed by atoms with Crippen LogP contribution in [0.3, 0.4) is 0 Å². The Bertz CT molecular complexity index is 743. The number of nitrogens with zero attached hydrogens (tertiary/aromatic N) is 4. The van der Waals surface area contributed by atoms with E-state index in [1.54, 1.807) is 0 Å². The van der Waals surface area contributed by atoms with Gasteiger partial charge in [-0.05, 0) is 43.4 Å². The summed E-state index contributed by atoms with van der Waals surface area (Å²) in [6, 6.07) is 9.30. The minimum Gasteiger partial charge on any atom is -0.380 e. The van der Waals surface area contributed by atoms with Crippen molar-refractivity contribution in [1.82, 2.24) is 20.1 Å². The summed E-state index contributed by atoms with van der Waals surface area (Å²) >= 11 is 6.03. The van der Waals surface area contributed by atoms with Gasteiger partial charge in [-0.3, -0.25) is 4.90 Å². The molecule has 0 aliphatic carbocycles. The first kappa shape index (κ1) is 18.5. The Morgan fingerprint density at radius 3 is 2.63 bits per heavy atom. The number of hydrogen-bond donors (Lipinski definition) is 2. The van der Waals surface area contributed by atoms with Crippen LogP contribution in [-0.4, -0.2) is 65.0 Å². The average Bonchev–Trinajstić information content (AvgIpc) is 3.30. The van der Waals surface area contributed by atoms with Gasteiger partial charge in [-0.1, -0.05) is 23.7 Å². The normalized spacial score (nSPS) is 24.6. The van der Waals surface area contributed by atoms with Crippen LogP contribution in [0.2, 0.25) is 5.02 Å². The van der Waals surface area contributed by atoms with Crippen molar-refractivity contribution in [2.45, 2.75) is 43.9 Å². The molecule has 0 bridgehead atoms. The van der Waals surface area contributed by atoms with Gasteiger partial charge in [-0.15, -0.1) is 5.10 Å². The maximum absolute atomic E-state index is 6.03. The molecule has 7 nitrogen and oxygen atoms in total. The highest BCUT2D eigenvalue weighted by Gasteiger charge is 2.38. The van der Waals surface area contributed by atoms with Crippen LogP contribution in [0.4, 0.5) is 11.9 Å². The number of piperidine rings is 1. The fraction of sp³-hybridized carbons (Fsp3) is 0.579. The van der Waals surface area contributed by atoms with E-state index in [-0.39, 0.29) is 0 Å². The summed E-state index contributed by atoms with van der Waals surface area (Å²) < 4.78 is 5.70. The second kappa shape index (κ2) is 8.04. The molecule has 0 radical (unpaired) electrons. The van der Waals surface area contributed by atoms with Gasteiger partial charge < -0.3 is 15.4 Å². The predicted molar refractivity (Wildman–Crippen MR) is 107 cm³/mol. The minimum atomic E-state index is 0.313. The molecule has 1 aromatic carbocycles. The van der Waals surface area contributed by atoms with E-state index in [2.05, 4.69) is 37.1 Å². The highest BCUT2D eigenvalue weighted by molar-refractivity contribution is 6.30. The van der Waals surface area contributed by atoms with Gasteiger partial charge in [-0.2, -0.15) is 4.98 Å². The molecule has 2 fully saturated rings. The third-order valence-electron chi connectivity index (χ3n) is 5.84. The van der Waals surface area contributed by atoms with E-state index in [1.165, 1.54) is 5.56 Å². The van der Waals surface area contributed by atoms with Gasteiger partial charge in [0.25, 0.3) is 0 Å². The minimum absolute atomic E-state index is 0.313. The SMILES string of the molecule is CO[C@@H]1CC(Cc2ccc(Cl)cc2)N(C2CCN(c3n[nH]c(N)n3)CC2)C1. The standard InChI is InChI=1S/C19H27ClN6O/c1-27-17-11-16(10-13-2-4-14(20)5-3-13)26(12-17)15-6-8-25(9-7-15)19-22-18(21)23-24-19/h2-5,15-17H,6-12H2,1H3,(H3,21,22,23,24)/t16?,17-/m1/s1. The van der Waals surface area contributed by atoms with Crippen molar-refractivity contribution >= 4 is 23.5 Å². The molecule has 27 heavy (non-hydrogen) atoms. The predicted octanol–water partition coefficient (Wildman–Crippen LogP) is 2.34. The molecule has 3 N–H and O–H groups in total. The van der Waals surface area contributed by atoms with E-state index in [0.29, 0.717) is 30.1 Å². The van der Waals surface area contributed by atoms with Gasteiger partial charge in [0.2, 0.25) is 11.9 Å². The van der Waals surface area contributed by atoms with Crippen molar-refractivity contribution in [3.05, 3.63) is 34.9 Å². The number of nitrogens with two attached hydrogens (primary N) is 1. The van der Waals surface area contributed by atoms with Gasteiger partial charge in [-0.25, -0.2) is 5.10 Å². The molecule has 4 rings (SSSR count). The van der Waals surface area contributed by atoms with Crippen molar-refractivity contribution in [1.29, 1.82) is 0 Å². The number of aromatic nitrogens is 3. The van der Waals surface area contributed by atoms with Crippen LogP contribution in [0, 0.1) is 0 Å². The van der Waals surface area contributed by atoms with E-state index in [9.17, 15) is 0 Å². The van der Waals surface area contributed by atoms with E-state index in [4.69, 9.17) is 22.1 Å². The van der Waals surface area contributed by atoms with E-state index in [0.717, 1.165) is 50.3 Å². The Morgan fingerprint density at radius 1 is 1.26 bits per heavy atom. The van der Waals surface area contributed by atoms with Crippen molar-refractivity contribution in [2.75, 3.05) is 37.4 Å². The van der Waals surface area contributed by atoms with Crippen molar-refractivity contribution in [3.63, 3.8) is 0 Å². The Kier molecular flexibility index (Phi) is 5.52. The Hall–Kier alpha value is -1.83. The summed E-state index contributed by atoms with van der Waals surface area (Å²) in [6.45, 7) is 2.90. The molecule has 3 heterocycles. The summed E-state index contributed by atoms with van der Waals surface area (Å²) in [5.74, 6) is 1.08. The molecule has 0 amide bonds. The van der Waals surface area contributed by atoms with Crippen LogP contribution in [0.1, 0.15) is 24.8 Å². The zero-order valence-corrected chi connectivity index (χ0v) is 16.4. The number of hydrogen-bond acceptors (Lipinski definition) is 6. The lowest BCUT2D eigenvalue weighted by atomic mass is 9.99. The maximum Gasteiger partial charge on any atom is 0.246 e. The van der Waals surface area contributed by atoms with Crippen molar-refractivity contribution in [3.8, 4) is 0 Å². The highest BCUT2D eigenvalue weighted by Crippen LogP contribution is 2.30. The Labute approximate surface area is 164 Å². The molecule has 2 aliphatic rings. The zero-order chi connectivity index (χ0) is 18.8. The van der Waals surface area contributed by atoms with Crippen LogP contribution in [0.15, 0.2) is 24.3 Å². The summed E-state index contributed by atoms with van der Waals surface area (Å²) in [5.41, 5.74) is 6.99. The van der Waals surface area contributed by atoms with Gasteiger partial charge >= 0.3 is 0 Å². The number of nitrogen functional groups attached to an aromatic ring is 1. The maximum atomic E-state index is 6.03. The number of benzene rings is 1. The average molecular weight is 391 g/mol. The van der Waals surface area contributed by atoms with Crippen molar-refractivity contribution in [2.24, 2.45) is 0 Å². The second-order valence-corrected chi connectivity index (χ2v) is 7.95. The number of ether oxygens (including phenoxy) is 1. The third-order valence-corrected chi connectivity index (χ3v) is 6.10. The van der Waals surface area contributed by atoms with E-state index >= 15 is 0 Å². The van der Waals surface area contributed by atoms with Crippen LogP contribution in [0.25, 0.3) is 0 Å². The highest BCUT2D eigenvalue weighted by atomic mass is 35.5. The summed E-state index contributed by atoms with van der Waals surface area (Å²) in [7, 11) is 1.82. The lowest BCUT2D eigenvalue weighted by Crippen LogP contribution is -2.47. The molecule has 146 valence electrons. The number of nitrogens with one attached hydrogen (secondary N) is 1. The summed E-state index contributed by atoms with van der Waals surface area (Å²) in [5, 5.41) is 7.70. The molecule has 2 atom stereocenters. The lowest BCUT2D eigenvalue weighted by Gasteiger charge is -2.39. The molecule has 0 spiro atoms. The molecule has 8 heteroatoms. The topological polar surface area (TPSA) is 83.3 Å². The van der Waals surface area contributed by atoms with Crippen molar-refractivity contribution < 1.29 is 4.74 Å². The number of rotatable bonds is 5. The zero-order valence-electron chi connectivity index (χ0n) is 15.6. The molecular formula is C19H27ClN6O.